The third kappa shape index (κ3) is 5.52. The van der Waals surface area contributed by atoms with E-state index < -0.39 is 0 Å². The van der Waals surface area contributed by atoms with Crippen molar-refractivity contribution in [1.29, 1.82) is 0 Å². The molecular formula is C13H22N4O. The van der Waals surface area contributed by atoms with E-state index in [4.69, 9.17) is 0 Å². The quantitative estimate of drug-likeness (QED) is 0.691. The van der Waals surface area contributed by atoms with Crippen LogP contribution >= 0.6 is 0 Å². The number of rotatable bonds is 7. The highest BCUT2D eigenvalue weighted by Crippen LogP contribution is 2.12. The SMILES string of the molecule is CCNc1cncc(NCCC(=O)NC(C)C)c1. The second kappa shape index (κ2) is 7.53. The minimum absolute atomic E-state index is 0.0632. The Balaban J connectivity index is 2.34. The second-order valence-electron chi connectivity index (χ2n) is 4.39. The first kappa shape index (κ1) is 14.3. The minimum atomic E-state index is 0.0632. The van der Waals surface area contributed by atoms with Gasteiger partial charge in [0.15, 0.2) is 0 Å². The summed E-state index contributed by atoms with van der Waals surface area (Å²) in [5, 5.41) is 9.23. The van der Waals surface area contributed by atoms with Crippen LogP contribution in [0.25, 0.3) is 0 Å². The van der Waals surface area contributed by atoms with E-state index >= 15 is 0 Å². The van der Waals surface area contributed by atoms with Crippen molar-refractivity contribution < 1.29 is 4.79 Å². The predicted molar refractivity (Wildman–Crippen MR) is 74.8 cm³/mol. The molecule has 1 aromatic heterocycles. The maximum absolute atomic E-state index is 11.4. The van der Waals surface area contributed by atoms with Gasteiger partial charge in [0.1, 0.15) is 0 Å². The lowest BCUT2D eigenvalue weighted by atomic mass is 10.3. The lowest BCUT2D eigenvalue weighted by molar-refractivity contribution is -0.121. The standard InChI is InChI=1S/C13H22N4O/c1-4-15-11-7-12(9-14-8-11)16-6-5-13(18)17-10(2)3/h7-10,15-16H,4-6H2,1-3H3,(H,17,18). The Morgan fingerprint density at radius 3 is 2.56 bits per heavy atom. The summed E-state index contributed by atoms with van der Waals surface area (Å²) < 4.78 is 0. The summed E-state index contributed by atoms with van der Waals surface area (Å²) in [6.07, 6.45) is 3.99. The van der Waals surface area contributed by atoms with Gasteiger partial charge in [0.25, 0.3) is 0 Å². The van der Waals surface area contributed by atoms with Gasteiger partial charge in [0.2, 0.25) is 5.91 Å². The van der Waals surface area contributed by atoms with E-state index in [1.165, 1.54) is 0 Å². The highest BCUT2D eigenvalue weighted by Gasteiger charge is 2.02. The number of aromatic nitrogens is 1. The molecule has 0 bridgehead atoms. The summed E-state index contributed by atoms with van der Waals surface area (Å²) in [5.41, 5.74) is 1.90. The number of pyridine rings is 1. The van der Waals surface area contributed by atoms with Crippen LogP contribution in [-0.4, -0.2) is 30.0 Å². The van der Waals surface area contributed by atoms with Crippen molar-refractivity contribution in [2.24, 2.45) is 0 Å². The largest absolute Gasteiger partial charge is 0.384 e. The molecule has 0 unspecified atom stereocenters. The first-order valence-electron chi connectivity index (χ1n) is 6.34. The first-order valence-corrected chi connectivity index (χ1v) is 6.34. The third-order valence-electron chi connectivity index (χ3n) is 2.25. The second-order valence-corrected chi connectivity index (χ2v) is 4.39. The molecule has 0 aliphatic rings. The molecule has 1 aromatic rings. The Hall–Kier alpha value is -1.78. The molecule has 3 N–H and O–H groups in total. The molecule has 0 aliphatic heterocycles. The normalized spacial score (nSPS) is 10.2. The molecule has 0 aliphatic carbocycles. The van der Waals surface area contributed by atoms with Crippen molar-refractivity contribution in [2.45, 2.75) is 33.2 Å². The number of nitrogens with zero attached hydrogens (tertiary/aromatic N) is 1. The Labute approximate surface area is 108 Å². The molecule has 18 heavy (non-hydrogen) atoms. The molecule has 0 radical (unpaired) electrons. The van der Waals surface area contributed by atoms with Gasteiger partial charge in [-0.1, -0.05) is 0 Å². The van der Waals surface area contributed by atoms with E-state index in [9.17, 15) is 4.79 Å². The predicted octanol–water partition coefficient (Wildman–Crippen LogP) is 1.84. The average Bonchev–Trinajstić information content (AvgIpc) is 2.29. The monoisotopic (exact) mass is 250 g/mol. The number of amides is 1. The maximum atomic E-state index is 11.4. The van der Waals surface area contributed by atoms with Crippen LogP contribution in [0.15, 0.2) is 18.5 Å². The fourth-order valence-electron chi connectivity index (χ4n) is 1.55. The van der Waals surface area contributed by atoms with Crippen molar-refractivity contribution in [3.8, 4) is 0 Å². The lowest BCUT2D eigenvalue weighted by Crippen LogP contribution is -2.31. The maximum Gasteiger partial charge on any atom is 0.221 e. The molecule has 5 heteroatoms. The zero-order valence-electron chi connectivity index (χ0n) is 11.3. The van der Waals surface area contributed by atoms with E-state index in [1.807, 2.05) is 26.8 Å². The van der Waals surface area contributed by atoms with Gasteiger partial charge in [-0.3, -0.25) is 9.78 Å². The van der Waals surface area contributed by atoms with Crippen LogP contribution in [0.4, 0.5) is 11.4 Å². The van der Waals surface area contributed by atoms with Gasteiger partial charge in [-0.2, -0.15) is 0 Å². The molecule has 0 saturated carbocycles. The van der Waals surface area contributed by atoms with Crippen LogP contribution in [0, 0.1) is 0 Å². The highest BCUT2D eigenvalue weighted by atomic mass is 16.1. The summed E-state index contributed by atoms with van der Waals surface area (Å²) >= 11 is 0. The van der Waals surface area contributed by atoms with Crippen LogP contribution in [0.2, 0.25) is 0 Å². The zero-order chi connectivity index (χ0) is 13.4. The topological polar surface area (TPSA) is 66.0 Å². The van der Waals surface area contributed by atoms with Crippen molar-refractivity contribution in [3.05, 3.63) is 18.5 Å². The molecule has 1 heterocycles. The van der Waals surface area contributed by atoms with Gasteiger partial charge in [0.05, 0.1) is 23.8 Å². The average molecular weight is 250 g/mol. The summed E-state index contributed by atoms with van der Waals surface area (Å²) in [7, 11) is 0. The number of anilines is 2. The van der Waals surface area contributed by atoms with Crippen LogP contribution in [0.5, 0.6) is 0 Å². The highest BCUT2D eigenvalue weighted by molar-refractivity contribution is 5.76. The van der Waals surface area contributed by atoms with E-state index in [2.05, 4.69) is 20.9 Å². The van der Waals surface area contributed by atoms with Gasteiger partial charge in [-0.25, -0.2) is 0 Å². The molecule has 0 fully saturated rings. The van der Waals surface area contributed by atoms with E-state index in [0.717, 1.165) is 17.9 Å². The third-order valence-corrected chi connectivity index (χ3v) is 2.25. The van der Waals surface area contributed by atoms with Crippen LogP contribution in [0.1, 0.15) is 27.2 Å². The van der Waals surface area contributed by atoms with Crippen molar-refractivity contribution in [2.75, 3.05) is 23.7 Å². The van der Waals surface area contributed by atoms with Gasteiger partial charge >= 0.3 is 0 Å². The Morgan fingerprint density at radius 2 is 1.94 bits per heavy atom. The molecule has 5 nitrogen and oxygen atoms in total. The van der Waals surface area contributed by atoms with E-state index in [-0.39, 0.29) is 11.9 Å². The summed E-state index contributed by atoms with van der Waals surface area (Å²) in [6, 6.07) is 2.17. The number of carbonyl (C=O) groups excluding carboxylic acids is 1. The number of carbonyl (C=O) groups is 1. The molecule has 100 valence electrons. The first-order chi connectivity index (χ1) is 8.61. The molecule has 1 rings (SSSR count). The molecule has 0 atom stereocenters. The number of nitrogens with one attached hydrogen (secondary N) is 3. The van der Waals surface area contributed by atoms with Crippen molar-refractivity contribution >= 4 is 17.3 Å². The van der Waals surface area contributed by atoms with Crippen molar-refractivity contribution in [3.63, 3.8) is 0 Å². The molecule has 0 saturated heterocycles. The van der Waals surface area contributed by atoms with Crippen molar-refractivity contribution in [1.82, 2.24) is 10.3 Å². The van der Waals surface area contributed by atoms with Gasteiger partial charge in [-0.15, -0.1) is 0 Å². The summed E-state index contributed by atoms with van der Waals surface area (Å²) in [5.74, 6) is 0.0632. The van der Waals surface area contributed by atoms with Crippen LogP contribution in [0.3, 0.4) is 0 Å². The lowest BCUT2D eigenvalue weighted by Gasteiger charge is -2.10. The Morgan fingerprint density at radius 1 is 1.28 bits per heavy atom. The van der Waals surface area contributed by atoms with Crippen LogP contribution in [-0.2, 0) is 4.79 Å². The zero-order valence-corrected chi connectivity index (χ0v) is 11.3. The fourth-order valence-corrected chi connectivity index (χ4v) is 1.55. The smallest absolute Gasteiger partial charge is 0.221 e. The fraction of sp³-hybridized carbons (Fsp3) is 0.538. The summed E-state index contributed by atoms with van der Waals surface area (Å²) in [4.78, 5) is 15.6. The van der Waals surface area contributed by atoms with Gasteiger partial charge in [0, 0.05) is 25.6 Å². The Bertz CT molecular complexity index is 379. The Kier molecular flexibility index (Phi) is 5.97. The molecule has 1 amide bonds. The minimum Gasteiger partial charge on any atom is -0.384 e. The van der Waals surface area contributed by atoms with Crippen LogP contribution < -0.4 is 16.0 Å². The van der Waals surface area contributed by atoms with E-state index in [0.29, 0.717) is 13.0 Å². The van der Waals surface area contributed by atoms with E-state index in [1.54, 1.807) is 12.4 Å². The van der Waals surface area contributed by atoms with Gasteiger partial charge < -0.3 is 16.0 Å². The van der Waals surface area contributed by atoms with Gasteiger partial charge in [-0.05, 0) is 26.8 Å². The summed E-state index contributed by atoms with van der Waals surface area (Å²) in [6.45, 7) is 7.42. The molecule has 0 spiro atoms. The molecule has 0 aromatic carbocycles. The number of hydrogen-bond donors (Lipinski definition) is 3. The molecular weight excluding hydrogens is 228 g/mol. The number of hydrogen-bond acceptors (Lipinski definition) is 4.